The lowest BCUT2D eigenvalue weighted by Crippen LogP contribution is -2.53. The Hall–Kier alpha value is -4.08. The highest BCUT2D eigenvalue weighted by atomic mass is 16.6. The molecule has 0 spiro atoms. The number of primary amides is 1. The predicted molar refractivity (Wildman–Crippen MR) is 147 cm³/mol. The number of alkyl carbamates (subject to hydrolysis) is 1. The van der Waals surface area contributed by atoms with E-state index < -0.39 is 41.5 Å². The zero-order valence-electron chi connectivity index (χ0n) is 23.2. The van der Waals surface area contributed by atoms with Gasteiger partial charge in [0.2, 0.25) is 11.8 Å². The second kappa shape index (κ2) is 12.6. The minimum atomic E-state index is -1.12. The number of benzene rings is 2. The first-order valence-corrected chi connectivity index (χ1v) is 13.0. The highest BCUT2D eigenvalue weighted by Crippen LogP contribution is 2.36. The Morgan fingerprint density at radius 3 is 2.15 bits per heavy atom. The van der Waals surface area contributed by atoms with E-state index in [2.05, 4.69) is 10.6 Å². The van der Waals surface area contributed by atoms with Crippen molar-refractivity contribution in [2.45, 2.75) is 77.1 Å². The van der Waals surface area contributed by atoms with Crippen LogP contribution in [-0.2, 0) is 19.1 Å². The lowest BCUT2D eigenvalue weighted by atomic mass is 10.00. The second-order valence-electron chi connectivity index (χ2n) is 10.7. The number of nitrogens with one attached hydrogen (secondary N) is 2. The number of anilines is 1. The SMILES string of the molecule is COc1ccc(NC(=O)C(c2ccc(C)cc2)N(C(=O)C(CCC(N)=O)NC(=O)OC(C)(C)C)C2CC2)cc1. The van der Waals surface area contributed by atoms with E-state index in [4.69, 9.17) is 15.2 Å². The van der Waals surface area contributed by atoms with Crippen LogP contribution in [-0.4, -0.2) is 53.5 Å². The molecule has 0 saturated heterocycles. The summed E-state index contributed by atoms with van der Waals surface area (Å²) in [5.74, 6) is -0.859. The predicted octanol–water partition coefficient (Wildman–Crippen LogP) is 3.83. The zero-order chi connectivity index (χ0) is 28.7. The molecular weight excluding hydrogens is 500 g/mol. The molecular formula is C29H38N4O6. The molecule has 0 heterocycles. The molecule has 2 atom stereocenters. The summed E-state index contributed by atoms with van der Waals surface area (Å²) >= 11 is 0. The molecule has 3 rings (SSSR count). The van der Waals surface area contributed by atoms with Gasteiger partial charge in [0.15, 0.2) is 0 Å². The van der Waals surface area contributed by atoms with Crippen LogP contribution in [0.15, 0.2) is 48.5 Å². The minimum absolute atomic E-state index is 0.0304. The van der Waals surface area contributed by atoms with Crippen LogP contribution in [0, 0.1) is 6.92 Å². The number of nitrogens with two attached hydrogens (primary N) is 1. The Bertz CT molecular complexity index is 1170. The second-order valence-corrected chi connectivity index (χ2v) is 10.7. The topological polar surface area (TPSA) is 140 Å². The number of carbonyl (C=O) groups excluding carboxylic acids is 4. The van der Waals surface area contributed by atoms with Gasteiger partial charge in [-0.05, 0) is 76.8 Å². The van der Waals surface area contributed by atoms with E-state index in [-0.39, 0.29) is 18.9 Å². The van der Waals surface area contributed by atoms with Crippen LogP contribution in [0.4, 0.5) is 10.5 Å². The van der Waals surface area contributed by atoms with Gasteiger partial charge in [-0.2, -0.15) is 0 Å². The Labute approximate surface area is 229 Å². The van der Waals surface area contributed by atoms with E-state index in [0.717, 1.165) is 5.56 Å². The zero-order valence-corrected chi connectivity index (χ0v) is 23.2. The molecule has 1 saturated carbocycles. The van der Waals surface area contributed by atoms with Crippen LogP contribution in [0.5, 0.6) is 5.75 Å². The van der Waals surface area contributed by atoms with Crippen LogP contribution in [0.25, 0.3) is 0 Å². The molecule has 0 aliphatic heterocycles. The summed E-state index contributed by atoms with van der Waals surface area (Å²) in [7, 11) is 1.56. The van der Waals surface area contributed by atoms with Crippen molar-refractivity contribution in [3.05, 3.63) is 59.7 Å². The minimum Gasteiger partial charge on any atom is -0.497 e. The molecule has 10 nitrogen and oxygen atoms in total. The molecule has 1 fully saturated rings. The van der Waals surface area contributed by atoms with E-state index in [1.807, 2.05) is 31.2 Å². The Morgan fingerprint density at radius 2 is 1.64 bits per heavy atom. The van der Waals surface area contributed by atoms with Crippen molar-refractivity contribution >= 4 is 29.5 Å². The molecule has 4 N–H and O–H groups in total. The van der Waals surface area contributed by atoms with Crippen LogP contribution >= 0.6 is 0 Å². The fraction of sp³-hybridized carbons (Fsp3) is 0.448. The standard InChI is InChI=1S/C29H38N4O6/c1-18-6-8-19(9-7-18)25(26(35)31-20-10-14-22(38-5)15-11-20)33(21-12-13-21)27(36)23(16-17-24(30)34)32-28(37)39-29(2,3)4/h6-11,14-15,21,23,25H,12-13,16-17H2,1-5H3,(H2,30,34)(H,31,35)(H,32,37). The first kappa shape index (κ1) is 29.5. The van der Waals surface area contributed by atoms with Crippen LogP contribution in [0.2, 0.25) is 0 Å². The number of methoxy groups -OCH3 is 1. The number of hydrogen-bond acceptors (Lipinski definition) is 6. The third-order valence-corrected chi connectivity index (χ3v) is 6.14. The molecule has 10 heteroatoms. The highest BCUT2D eigenvalue weighted by Gasteiger charge is 2.44. The van der Waals surface area contributed by atoms with Gasteiger partial charge in [0.05, 0.1) is 7.11 Å². The molecule has 1 aliphatic carbocycles. The molecule has 0 radical (unpaired) electrons. The third-order valence-electron chi connectivity index (χ3n) is 6.14. The maximum atomic E-state index is 14.1. The van der Waals surface area contributed by atoms with Crippen molar-refractivity contribution in [3.63, 3.8) is 0 Å². The van der Waals surface area contributed by atoms with Gasteiger partial charge in [0, 0.05) is 18.2 Å². The van der Waals surface area contributed by atoms with Gasteiger partial charge in [-0.1, -0.05) is 29.8 Å². The van der Waals surface area contributed by atoms with Gasteiger partial charge in [0.25, 0.3) is 5.91 Å². The summed E-state index contributed by atoms with van der Waals surface area (Å²) in [6.45, 7) is 7.06. The summed E-state index contributed by atoms with van der Waals surface area (Å²) in [5, 5.41) is 5.51. The first-order chi connectivity index (χ1) is 18.4. The lowest BCUT2D eigenvalue weighted by molar-refractivity contribution is -0.141. The Morgan fingerprint density at radius 1 is 1.03 bits per heavy atom. The number of ether oxygens (including phenoxy) is 2. The molecule has 2 unspecified atom stereocenters. The number of carbonyl (C=O) groups is 4. The van der Waals surface area contributed by atoms with Crippen molar-refractivity contribution in [3.8, 4) is 5.75 Å². The first-order valence-electron chi connectivity index (χ1n) is 13.0. The molecule has 0 aromatic heterocycles. The molecule has 39 heavy (non-hydrogen) atoms. The Balaban J connectivity index is 1.96. The summed E-state index contributed by atoms with van der Waals surface area (Å²) in [4.78, 5) is 53.6. The number of nitrogens with zero attached hydrogens (tertiary/aromatic N) is 1. The van der Waals surface area contributed by atoms with Crippen LogP contribution in [0.3, 0.4) is 0 Å². The molecule has 210 valence electrons. The quantitative estimate of drug-likeness (QED) is 0.397. The molecule has 1 aliphatic rings. The normalized spacial score (nSPS) is 14.5. The summed E-state index contributed by atoms with van der Waals surface area (Å²) in [5.41, 5.74) is 6.74. The van der Waals surface area contributed by atoms with Crippen molar-refractivity contribution in [2.24, 2.45) is 5.73 Å². The summed E-state index contributed by atoms with van der Waals surface area (Å²) in [6, 6.07) is 12.0. The Kier molecular flexibility index (Phi) is 9.56. The largest absolute Gasteiger partial charge is 0.497 e. The smallest absolute Gasteiger partial charge is 0.408 e. The van der Waals surface area contributed by atoms with E-state index in [9.17, 15) is 19.2 Å². The van der Waals surface area contributed by atoms with Crippen molar-refractivity contribution in [1.82, 2.24) is 10.2 Å². The number of aryl methyl sites for hydroxylation is 1. The van der Waals surface area contributed by atoms with E-state index in [0.29, 0.717) is 29.8 Å². The van der Waals surface area contributed by atoms with Gasteiger partial charge >= 0.3 is 6.09 Å². The maximum Gasteiger partial charge on any atom is 0.408 e. The molecule has 2 aromatic carbocycles. The molecule has 4 amide bonds. The third kappa shape index (κ3) is 8.73. The van der Waals surface area contributed by atoms with Gasteiger partial charge < -0.3 is 30.7 Å². The number of rotatable bonds is 11. The number of amides is 4. The summed E-state index contributed by atoms with van der Waals surface area (Å²) in [6.07, 6.45) is 0.461. The maximum absolute atomic E-state index is 14.1. The van der Waals surface area contributed by atoms with Crippen LogP contribution < -0.4 is 21.1 Å². The van der Waals surface area contributed by atoms with Crippen molar-refractivity contribution in [2.75, 3.05) is 12.4 Å². The van der Waals surface area contributed by atoms with Gasteiger partial charge in [-0.3, -0.25) is 14.4 Å². The molecule has 2 aromatic rings. The van der Waals surface area contributed by atoms with Gasteiger partial charge in [-0.15, -0.1) is 0 Å². The highest BCUT2D eigenvalue weighted by molar-refractivity contribution is 5.99. The average molecular weight is 539 g/mol. The fourth-order valence-corrected chi connectivity index (χ4v) is 4.12. The fourth-order valence-electron chi connectivity index (χ4n) is 4.12. The lowest BCUT2D eigenvalue weighted by Gasteiger charge is -2.34. The summed E-state index contributed by atoms with van der Waals surface area (Å²) < 4.78 is 10.6. The number of hydrogen-bond donors (Lipinski definition) is 3. The van der Waals surface area contributed by atoms with E-state index >= 15 is 0 Å². The monoisotopic (exact) mass is 538 g/mol. The van der Waals surface area contributed by atoms with Gasteiger partial charge in [-0.25, -0.2) is 4.79 Å². The van der Waals surface area contributed by atoms with Gasteiger partial charge in [0.1, 0.15) is 23.4 Å². The molecule has 0 bridgehead atoms. The van der Waals surface area contributed by atoms with Crippen molar-refractivity contribution < 1.29 is 28.7 Å². The van der Waals surface area contributed by atoms with Crippen LogP contribution in [0.1, 0.15) is 63.6 Å². The average Bonchev–Trinajstić information content (AvgIpc) is 3.69. The van der Waals surface area contributed by atoms with Crippen molar-refractivity contribution in [1.29, 1.82) is 0 Å². The van der Waals surface area contributed by atoms with E-state index in [1.54, 1.807) is 52.1 Å². The van der Waals surface area contributed by atoms with E-state index in [1.165, 1.54) is 4.90 Å².